The van der Waals surface area contributed by atoms with Crippen molar-refractivity contribution in [1.82, 2.24) is 4.98 Å². The van der Waals surface area contributed by atoms with E-state index >= 15 is 0 Å². The quantitative estimate of drug-likeness (QED) is 0.377. The molecule has 0 amide bonds. The van der Waals surface area contributed by atoms with E-state index in [1.165, 1.54) is 11.8 Å². The molecule has 3 N–H and O–H groups in total. The molecule has 0 saturated heterocycles. The van der Waals surface area contributed by atoms with E-state index in [0.29, 0.717) is 10.8 Å². The first-order valence-corrected chi connectivity index (χ1v) is 5.69. The molecule has 88 valence electrons. The van der Waals surface area contributed by atoms with Crippen LogP contribution in [-0.4, -0.2) is 16.0 Å². The van der Waals surface area contributed by atoms with Gasteiger partial charge in [-0.1, -0.05) is 23.4 Å². The molecular formula is C11H11N3O2S. The van der Waals surface area contributed by atoms with Gasteiger partial charge < -0.3 is 15.4 Å². The molecule has 0 aliphatic heterocycles. The average Bonchev–Trinajstić information content (AvgIpc) is 2.74. The van der Waals surface area contributed by atoms with Crippen LogP contribution in [0.5, 0.6) is 0 Å². The number of oxime groups is 1. The molecule has 0 spiro atoms. The van der Waals surface area contributed by atoms with Gasteiger partial charge in [-0.05, 0) is 24.8 Å². The van der Waals surface area contributed by atoms with Crippen LogP contribution in [-0.2, 0) is 0 Å². The monoisotopic (exact) mass is 249 g/mol. The second-order valence-electron chi connectivity index (χ2n) is 3.34. The lowest BCUT2D eigenvalue weighted by atomic mass is 10.2. The maximum absolute atomic E-state index is 8.70. The molecule has 17 heavy (non-hydrogen) atoms. The lowest BCUT2D eigenvalue weighted by Crippen LogP contribution is -2.13. The van der Waals surface area contributed by atoms with Gasteiger partial charge in [0, 0.05) is 10.5 Å². The molecule has 0 aliphatic carbocycles. The zero-order valence-electron chi connectivity index (χ0n) is 9.12. The largest absolute Gasteiger partial charge is 0.439 e. The summed E-state index contributed by atoms with van der Waals surface area (Å²) < 4.78 is 5.25. The van der Waals surface area contributed by atoms with Gasteiger partial charge in [0.2, 0.25) is 0 Å². The minimum atomic E-state index is 0.0661. The van der Waals surface area contributed by atoms with Crippen LogP contribution in [0.15, 0.2) is 50.2 Å². The summed E-state index contributed by atoms with van der Waals surface area (Å²) in [6, 6.07) is 7.31. The molecule has 0 aliphatic rings. The molecule has 0 atom stereocenters. The fraction of sp³-hybridized carbons (Fsp3) is 0.0909. The standard InChI is InChI=1S/C11H11N3O2S/c1-7-6-16-11(13-7)17-9-5-3-2-4-8(9)10(12)14-15/h2-6,15H,1H3,(H2,12,14). The van der Waals surface area contributed by atoms with E-state index in [9.17, 15) is 0 Å². The Kier molecular flexibility index (Phi) is 3.34. The highest BCUT2D eigenvalue weighted by Crippen LogP contribution is 2.29. The first kappa shape index (κ1) is 11.5. The van der Waals surface area contributed by atoms with Crippen LogP contribution in [0.1, 0.15) is 11.3 Å². The van der Waals surface area contributed by atoms with E-state index < -0.39 is 0 Å². The zero-order chi connectivity index (χ0) is 12.3. The molecule has 5 nitrogen and oxygen atoms in total. The number of amidine groups is 1. The Hall–Kier alpha value is -1.95. The normalized spacial score (nSPS) is 11.7. The molecule has 2 aromatic rings. The van der Waals surface area contributed by atoms with Gasteiger partial charge in [-0.15, -0.1) is 0 Å². The fourth-order valence-corrected chi connectivity index (χ4v) is 2.20. The third kappa shape index (κ3) is 2.59. The number of nitrogens with zero attached hydrogens (tertiary/aromatic N) is 2. The summed E-state index contributed by atoms with van der Waals surface area (Å²) in [5.74, 6) is 0.0661. The van der Waals surface area contributed by atoms with Gasteiger partial charge in [0.05, 0.1) is 5.69 Å². The molecule has 0 radical (unpaired) electrons. The Morgan fingerprint density at radius 2 is 2.24 bits per heavy atom. The highest BCUT2D eigenvalue weighted by atomic mass is 32.2. The molecule has 1 aromatic heterocycles. The lowest BCUT2D eigenvalue weighted by Gasteiger charge is -2.04. The van der Waals surface area contributed by atoms with E-state index in [4.69, 9.17) is 15.4 Å². The molecule has 1 aromatic carbocycles. The van der Waals surface area contributed by atoms with Gasteiger partial charge in [-0.25, -0.2) is 4.98 Å². The van der Waals surface area contributed by atoms with Crippen LogP contribution >= 0.6 is 11.8 Å². The number of benzene rings is 1. The third-order valence-corrected chi connectivity index (χ3v) is 3.00. The predicted octanol–water partition coefficient (Wildman–Crippen LogP) is 2.23. The minimum absolute atomic E-state index is 0.0661. The van der Waals surface area contributed by atoms with Gasteiger partial charge in [0.25, 0.3) is 5.22 Å². The number of oxazole rings is 1. The van der Waals surface area contributed by atoms with Crippen LogP contribution < -0.4 is 5.73 Å². The second kappa shape index (κ2) is 4.92. The van der Waals surface area contributed by atoms with Crippen molar-refractivity contribution in [2.75, 3.05) is 0 Å². The van der Waals surface area contributed by atoms with Crippen molar-refractivity contribution in [3.05, 3.63) is 41.8 Å². The van der Waals surface area contributed by atoms with E-state index in [0.717, 1.165) is 10.6 Å². The van der Waals surface area contributed by atoms with Crippen molar-refractivity contribution in [3.63, 3.8) is 0 Å². The number of hydrogen-bond acceptors (Lipinski definition) is 5. The molecule has 0 bridgehead atoms. The summed E-state index contributed by atoms with van der Waals surface area (Å²) in [6.07, 6.45) is 1.58. The maximum Gasteiger partial charge on any atom is 0.260 e. The third-order valence-electron chi connectivity index (χ3n) is 2.07. The Bertz CT molecular complexity index is 551. The van der Waals surface area contributed by atoms with Crippen molar-refractivity contribution >= 4 is 17.6 Å². The van der Waals surface area contributed by atoms with Crippen molar-refractivity contribution < 1.29 is 9.62 Å². The summed E-state index contributed by atoms with van der Waals surface area (Å²) in [5, 5.41) is 12.2. The Balaban J connectivity index is 2.32. The van der Waals surface area contributed by atoms with Crippen LogP contribution in [0.25, 0.3) is 0 Å². The molecule has 0 fully saturated rings. The Labute approximate surface area is 102 Å². The Morgan fingerprint density at radius 1 is 1.47 bits per heavy atom. The van der Waals surface area contributed by atoms with Crippen LogP contribution in [0.2, 0.25) is 0 Å². The van der Waals surface area contributed by atoms with Gasteiger partial charge in [0.15, 0.2) is 5.84 Å². The van der Waals surface area contributed by atoms with Crippen molar-refractivity contribution in [1.29, 1.82) is 0 Å². The zero-order valence-corrected chi connectivity index (χ0v) is 9.94. The fourth-order valence-electron chi connectivity index (χ4n) is 1.29. The number of rotatable bonds is 3. The minimum Gasteiger partial charge on any atom is -0.439 e. The molecule has 1 heterocycles. The highest BCUT2D eigenvalue weighted by molar-refractivity contribution is 7.99. The molecule has 2 rings (SSSR count). The van der Waals surface area contributed by atoms with Crippen LogP contribution in [0.3, 0.4) is 0 Å². The molecule has 0 saturated carbocycles. The topological polar surface area (TPSA) is 84.6 Å². The van der Waals surface area contributed by atoms with Gasteiger partial charge in [-0.2, -0.15) is 0 Å². The second-order valence-corrected chi connectivity index (χ2v) is 4.33. The molecule has 6 heteroatoms. The van der Waals surface area contributed by atoms with Gasteiger partial charge in [-0.3, -0.25) is 0 Å². The number of aryl methyl sites for hydroxylation is 1. The van der Waals surface area contributed by atoms with E-state index in [2.05, 4.69) is 10.1 Å². The number of hydrogen-bond donors (Lipinski definition) is 2. The van der Waals surface area contributed by atoms with Crippen molar-refractivity contribution in [2.24, 2.45) is 10.9 Å². The Morgan fingerprint density at radius 3 is 2.88 bits per heavy atom. The molecular weight excluding hydrogens is 238 g/mol. The summed E-state index contributed by atoms with van der Waals surface area (Å²) in [7, 11) is 0. The summed E-state index contributed by atoms with van der Waals surface area (Å²) >= 11 is 1.33. The summed E-state index contributed by atoms with van der Waals surface area (Å²) in [4.78, 5) is 5.01. The summed E-state index contributed by atoms with van der Waals surface area (Å²) in [6.45, 7) is 1.85. The van der Waals surface area contributed by atoms with Crippen LogP contribution in [0, 0.1) is 6.92 Å². The SMILES string of the molecule is Cc1coc(Sc2ccccc2/C(N)=N/O)n1. The van der Waals surface area contributed by atoms with E-state index in [1.54, 1.807) is 12.3 Å². The van der Waals surface area contributed by atoms with E-state index in [1.807, 2.05) is 25.1 Å². The van der Waals surface area contributed by atoms with Crippen molar-refractivity contribution in [2.45, 2.75) is 17.0 Å². The predicted molar refractivity (Wildman–Crippen MR) is 64.3 cm³/mol. The highest BCUT2D eigenvalue weighted by Gasteiger charge is 2.10. The smallest absolute Gasteiger partial charge is 0.260 e. The first-order valence-electron chi connectivity index (χ1n) is 4.87. The first-order chi connectivity index (χ1) is 8.20. The number of aromatic nitrogens is 1. The van der Waals surface area contributed by atoms with Gasteiger partial charge in [0.1, 0.15) is 6.26 Å². The lowest BCUT2D eigenvalue weighted by molar-refractivity contribution is 0.318. The summed E-state index contributed by atoms with van der Waals surface area (Å²) in [5.41, 5.74) is 7.05. The van der Waals surface area contributed by atoms with Gasteiger partial charge >= 0.3 is 0 Å². The van der Waals surface area contributed by atoms with Crippen LogP contribution in [0.4, 0.5) is 0 Å². The number of nitrogens with two attached hydrogens (primary N) is 1. The molecule has 0 unspecified atom stereocenters. The van der Waals surface area contributed by atoms with Crippen molar-refractivity contribution in [3.8, 4) is 0 Å². The average molecular weight is 249 g/mol. The van der Waals surface area contributed by atoms with E-state index in [-0.39, 0.29) is 5.84 Å². The maximum atomic E-state index is 8.70.